The molecule has 0 unspecified atom stereocenters. The van der Waals surface area contributed by atoms with Gasteiger partial charge in [0.15, 0.2) is 5.82 Å². The van der Waals surface area contributed by atoms with Gasteiger partial charge in [-0.05, 0) is 69.2 Å². The fourth-order valence-corrected chi connectivity index (χ4v) is 4.81. The molecule has 11 heteroatoms. The lowest BCUT2D eigenvalue weighted by molar-refractivity contribution is 0.0145. The number of likely N-dealkylation sites (N-methyl/N-ethyl adjacent to an activating group) is 1. The predicted octanol–water partition coefficient (Wildman–Crippen LogP) is 3.60. The number of piperazine rings is 1. The average molecular weight is 546 g/mol. The van der Waals surface area contributed by atoms with Crippen molar-refractivity contribution in [3.05, 3.63) is 16.7 Å². The number of anilines is 1. The molecule has 0 spiro atoms. The van der Waals surface area contributed by atoms with Crippen molar-refractivity contribution in [1.29, 1.82) is 5.26 Å². The van der Waals surface area contributed by atoms with Gasteiger partial charge in [-0.2, -0.15) is 15.2 Å². The third kappa shape index (κ3) is 6.11. The minimum absolute atomic E-state index is 0.190. The van der Waals surface area contributed by atoms with Crippen LogP contribution in [0.3, 0.4) is 0 Å². The minimum Gasteiger partial charge on any atom is -0.462 e. The Morgan fingerprint density at radius 1 is 1.26 bits per heavy atom. The Kier molecular flexibility index (Phi) is 7.62. The molecule has 0 saturated carbocycles. The van der Waals surface area contributed by atoms with E-state index in [0.29, 0.717) is 55.1 Å². The van der Waals surface area contributed by atoms with E-state index in [1.807, 2.05) is 26.8 Å². The first-order valence-corrected chi connectivity index (χ1v) is 12.7. The number of ether oxygens (including phenoxy) is 2. The van der Waals surface area contributed by atoms with Crippen LogP contribution in [-0.2, 0) is 4.74 Å². The predicted molar refractivity (Wildman–Crippen MR) is 135 cm³/mol. The van der Waals surface area contributed by atoms with Gasteiger partial charge in [-0.25, -0.2) is 9.78 Å². The number of amides is 1. The van der Waals surface area contributed by atoms with Crippen molar-refractivity contribution in [2.45, 2.75) is 57.7 Å². The smallest absolute Gasteiger partial charge is 0.410 e. The molecule has 0 N–H and O–H groups in total. The minimum atomic E-state index is -0.606. The van der Waals surface area contributed by atoms with Crippen LogP contribution in [0.5, 0.6) is 6.01 Å². The molecular weight excluding hydrogens is 514 g/mol. The van der Waals surface area contributed by atoms with Crippen molar-refractivity contribution in [1.82, 2.24) is 24.8 Å². The van der Waals surface area contributed by atoms with Crippen LogP contribution in [0.4, 0.5) is 10.6 Å². The second-order valence-corrected chi connectivity index (χ2v) is 11.0. The number of likely N-dealkylation sites (tertiary alicyclic amines) is 1. The summed E-state index contributed by atoms with van der Waals surface area (Å²) < 4.78 is 12.4. The first-order valence-electron chi connectivity index (χ1n) is 11.9. The van der Waals surface area contributed by atoms with Crippen LogP contribution in [-0.4, -0.2) is 88.4 Å². The summed E-state index contributed by atoms with van der Waals surface area (Å²) in [6.45, 7) is 8.46. The van der Waals surface area contributed by atoms with Gasteiger partial charge in [0, 0.05) is 36.3 Å². The molecule has 0 aliphatic carbocycles. The van der Waals surface area contributed by atoms with Gasteiger partial charge in [0.25, 0.3) is 0 Å². The van der Waals surface area contributed by atoms with E-state index in [9.17, 15) is 10.1 Å². The van der Waals surface area contributed by atoms with Crippen molar-refractivity contribution >= 4 is 38.9 Å². The van der Waals surface area contributed by atoms with Crippen LogP contribution in [0.15, 0.2) is 16.7 Å². The number of rotatable bonds is 5. The van der Waals surface area contributed by atoms with Crippen molar-refractivity contribution < 1.29 is 14.3 Å². The number of nitriles is 1. The number of hydrogen-bond donors (Lipinski definition) is 0. The average Bonchev–Trinajstić information content (AvgIpc) is 3.20. The van der Waals surface area contributed by atoms with Crippen LogP contribution in [0.2, 0.25) is 0 Å². The largest absolute Gasteiger partial charge is 0.462 e. The highest BCUT2D eigenvalue weighted by Gasteiger charge is 2.35. The maximum atomic E-state index is 12.8. The van der Waals surface area contributed by atoms with Crippen LogP contribution in [0, 0.1) is 11.3 Å². The summed E-state index contributed by atoms with van der Waals surface area (Å²) in [5.41, 5.74) is 0.719. The van der Waals surface area contributed by atoms with Crippen LogP contribution < -0.4 is 9.64 Å². The molecular formula is C24H32BrN7O3. The molecule has 2 aliphatic heterocycles. The zero-order chi connectivity index (χ0) is 25.2. The molecule has 2 aromatic rings. The van der Waals surface area contributed by atoms with E-state index in [0.717, 1.165) is 23.9 Å². The summed E-state index contributed by atoms with van der Waals surface area (Å²) in [5, 5.41) is 9.43. The lowest BCUT2D eigenvalue weighted by Crippen LogP contribution is -2.56. The molecule has 0 bridgehead atoms. The maximum absolute atomic E-state index is 12.8. The van der Waals surface area contributed by atoms with Gasteiger partial charge in [-0.15, -0.1) is 0 Å². The van der Waals surface area contributed by atoms with Gasteiger partial charge in [0.05, 0.1) is 24.0 Å². The molecule has 0 radical (unpaired) electrons. The summed E-state index contributed by atoms with van der Waals surface area (Å²) >= 11 is 3.48. The number of fused-ring (bicyclic) bond motifs is 1. The van der Waals surface area contributed by atoms with E-state index in [-0.39, 0.29) is 12.5 Å². The normalized spacial score (nSPS) is 21.3. The first kappa shape index (κ1) is 25.4. The molecule has 1 amide bonds. The first-order chi connectivity index (χ1) is 16.6. The lowest BCUT2D eigenvalue weighted by Gasteiger charge is -2.41. The number of carbonyl (C=O) groups excluding carboxylic acids is 1. The van der Waals surface area contributed by atoms with Crippen LogP contribution in [0.1, 0.15) is 40.0 Å². The van der Waals surface area contributed by atoms with Gasteiger partial charge in [0.2, 0.25) is 0 Å². The number of aromatic nitrogens is 3. The van der Waals surface area contributed by atoms with Gasteiger partial charge in [0.1, 0.15) is 17.7 Å². The molecule has 2 aliphatic rings. The molecule has 2 aromatic heterocycles. The van der Waals surface area contributed by atoms with Crippen LogP contribution >= 0.6 is 15.9 Å². The van der Waals surface area contributed by atoms with Crippen molar-refractivity contribution in [3.8, 4) is 12.1 Å². The van der Waals surface area contributed by atoms with E-state index in [1.165, 1.54) is 0 Å². The third-order valence-corrected chi connectivity index (χ3v) is 6.71. The molecule has 10 nitrogen and oxygen atoms in total. The van der Waals surface area contributed by atoms with E-state index in [2.05, 4.69) is 48.8 Å². The molecule has 2 atom stereocenters. The SMILES string of the molecule is CN1CCC[C@H]1COc1nc(N2CCN(C(=O)OC(C)(C)C)[C@@H](CC#N)C2)c2ncc(Br)cc2n1. The van der Waals surface area contributed by atoms with Crippen molar-refractivity contribution in [2.24, 2.45) is 0 Å². The quantitative estimate of drug-likeness (QED) is 0.556. The summed E-state index contributed by atoms with van der Waals surface area (Å²) in [6.07, 6.45) is 3.75. The second kappa shape index (κ2) is 10.5. The van der Waals surface area contributed by atoms with Crippen molar-refractivity contribution in [3.63, 3.8) is 0 Å². The highest BCUT2D eigenvalue weighted by atomic mass is 79.9. The van der Waals surface area contributed by atoms with Gasteiger partial charge in [-0.3, -0.25) is 0 Å². The molecule has 4 rings (SSSR count). The Labute approximate surface area is 214 Å². The zero-order valence-corrected chi connectivity index (χ0v) is 22.3. The second-order valence-electron chi connectivity index (χ2n) is 10.1. The van der Waals surface area contributed by atoms with E-state index < -0.39 is 11.7 Å². The topological polar surface area (TPSA) is 108 Å². The van der Waals surface area contributed by atoms with E-state index in [4.69, 9.17) is 14.5 Å². The molecule has 4 heterocycles. The Hall–Kier alpha value is -2.71. The Morgan fingerprint density at radius 2 is 2.06 bits per heavy atom. The highest BCUT2D eigenvalue weighted by molar-refractivity contribution is 9.10. The molecule has 2 saturated heterocycles. The molecule has 0 aromatic carbocycles. The summed E-state index contributed by atoms with van der Waals surface area (Å²) in [6, 6.07) is 4.42. The number of halogens is 1. The Morgan fingerprint density at radius 3 is 2.74 bits per heavy atom. The van der Waals surface area contributed by atoms with Crippen LogP contribution in [0.25, 0.3) is 11.0 Å². The monoisotopic (exact) mass is 545 g/mol. The number of carbonyl (C=O) groups is 1. The van der Waals surface area contributed by atoms with E-state index in [1.54, 1.807) is 11.1 Å². The third-order valence-electron chi connectivity index (χ3n) is 6.28. The summed E-state index contributed by atoms with van der Waals surface area (Å²) in [4.78, 5) is 32.7. The zero-order valence-electron chi connectivity index (χ0n) is 20.7. The van der Waals surface area contributed by atoms with Gasteiger partial charge >= 0.3 is 12.1 Å². The molecule has 2 fully saturated rings. The maximum Gasteiger partial charge on any atom is 0.410 e. The Balaban J connectivity index is 1.60. The number of nitrogens with zero attached hydrogens (tertiary/aromatic N) is 7. The molecule has 35 heavy (non-hydrogen) atoms. The fraction of sp³-hybridized carbons (Fsp3) is 0.625. The lowest BCUT2D eigenvalue weighted by atomic mass is 10.1. The van der Waals surface area contributed by atoms with E-state index >= 15 is 0 Å². The number of pyridine rings is 1. The molecule has 188 valence electrons. The highest BCUT2D eigenvalue weighted by Crippen LogP contribution is 2.29. The fourth-order valence-electron chi connectivity index (χ4n) is 4.49. The Bertz CT molecular complexity index is 1120. The number of hydrogen-bond acceptors (Lipinski definition) is 9. The van der Waals surface area contributed by atoms with Crippen molar-refractivity contribution in [2.75, 3.05) is 44.7 Å². The van der Waals surface area contributed by atoms with Gasteiger partial charge < -0.3 is 24.2 Å². The standard InChI is InChI=1S/C24H32BrN7O3/c1-24(2,3)35-23(33)32-11-10-31(14-17(32)7-8-26)21-20-19(12-16(25)13-27-20)28-22(29-21)34-15-18-6-5-9-30(18)4/h12-13,17-18H,5-7,9-11,14-15H2,1-4H3/t17-,18-/m0/s1. The van der Waals surface area contributed by atoms with Gasteiger partial charge in [-0.1, -0.05) is 0 Å². The summed E-state index contributed by atoms with van der Waals surface area (Å²) in [5.74, 6) is 0.643. The summed E-state index contributed by atoms with van der Waals surface area (Å²) in [7, 11) is 2.11.